The van der Waals surface area contributed by atoms with Gasteiger partial charge in [-0.05, 0) is 29.0 Å². The van der Waals surface area contributed by atoms with E-state index in [1.807, 2.05) is 12.1 Å². The zero-order valence-electron chi connectivity index (χ0n) is 9.75. The molecule has 2 aromatic heterocycles. The molecule has 0 saturated heterocycles. The van der Waals surface area contributed by atoms with Gasteiger partial charge in [-0.2, -0.15) is 0 Å². The number of hydrogen-bond acceptors (Lipinski definition) is 5. The lowest BCUT2D eigenvalue weighted by Crippen LogP contribution is -2.28. The summed E-state index contributed by atoms with van der Waals surface area (Å²) in [5, 5.41) is 16.5. The van der Waals surface area contributed by atoms with Crippen molar-refractivity contribution in [3.63, 3.8) is 0 Å². The predicted octanol–water partition coefficient (Wildman–Crippen LogP) is 1.52. The molecule has 0 N–H and O–H groups in total. The zero-order valence-corrected chi connectivity index (χ0v) is 11.3. The minimum absolute atomic E-state index is 0.669. The molecule has 0 amide bonds. The number of nitrogens with zero attached hydrogens (tertiary/aromatic N) is 6. The van der Waals surface area contributed by atoms with Gasteiger partial charge < -0.3 is 4.90 Å². The van der Waals surface area contributed by atoms with Gasteiger partial charge in [-0.25, -0.2) is 0 Å². The highest BCUT2D eigenvalue weighted by Gasteiger charge is 2.08. The van der Waals surface area contributed by atoms with Crippen LogP contribution in [-0.2, 0) is 0 Å². The van der Waals surface area contributed by atoms with E-state index in [1.54, 1.807) is 0 Å². The van der Waals surface area contributed by atoms with Crippen molar-refractivity contribution in [1.29, 1.82) is 0 Å². The normalized spacial score (nSPS) is 10.9. The van der Waals surface area contributed by atoms with Crippen LogP contribution in [0.5, 0.6) is 0 Å². The van der Waals surface area contributed by atoms with Crippen LogP contribution in [0.4, 0.5) is 5.82 Å². The predicted molar refractivity (Wildman–Crippen MR) is 69.5 cm³/mol. The van der Waals surface area contributed by atoms with Crippen molar-refractivity contribution in [2.75, 3.05) is 23.3 Å². The van der Waals surface area contributed by atoms with E-state index in [4.69, 9.17) is 0 Å². The Kier molecular flexibility index (Phi) is 4.24. The standard InChI is InChI=1S/C10H15BrN6/c1-2-3-7-16(8-6-11)10-5-4-9-12-14-15-17(9)13-10/h4-5H,2-3,6-8H2,1H3. The van der Waals surface area contributed by atoms with Gasteiger partial charge in [-0.3, -0.25) is 0 Å². The number of alkyl halides is 1. The molecule has 0 fully saturated rings. The summed E-state index contributed by atoms with van der Waals surface area (Å²) in [5.41, 5.74) is 0.669. The SMILES string of the molecule is CCCCN(CCBr)c1ccc2nnnn2n1. The van der Waals surface area contributed by atoms with E-state index in [-0.39, 0.29) is 0 Å². The van der Waals surface area contributed by atoms with Crippen molar-refractivity contribution in [1.82, 2.24) is 25.3 Å². The molecule has 2 heterocycles. The Morgan fingerprint density at radius 3 is 3.00 bits per heavy atom. The maximum atomic E-state index is 4.39. The first-order valence-electron chi connectivity index (χ1n) is 5.71. The third-order valence-electron chi connectivity index (χ3n) is 2.52. The highest BCUT2D eigenvalue weighted by atomic mass is 79.9. The molecule has 0 aliphatic carbocycles. The summed E-state index contributed by atoms with van der Waals surface area (Å²) in [6.45, 7) is 4.12. The topological polar surface area (TPSA) is 59.2 Å². The average molecular weight is 299 g/mol. The van der Waals surface area contributed by atoms with E-state index in [2.05, 4.69) is 48.4 Å². The van der Waals surface area contributed by atoms with Crippen LogP contribution in [0.15, 0.2) is 12.1 Å². The van der Waals surface area contributed by atoms with E-state index in [1.165, 1.54) is 11.1 Å². The number of hydrogen-bond donors (Lipinski definition) is 0. The number of aromatic nitrogens is 5. The fraction of sp³-hybridized carbons (Fsp3) is 0.600. The first-order valence-corrected chi connectivity index (χ1v) is 6.83. The van der Waals surface area contributed by atoms with Crippen LogP contribution in [0, 0.1) is 0 Å². The van der Waals surface area contributed by atoms with Crippen molar-refractivity contribution in [2.45, 2.75) is 19.8 Å². The maximum Gasteiger partial charge on any atom is 0.200 e. The fourth-order valence-electron chi connectivity index (χ4n) is 1.60. The Balaban J connectivity index is 2.20. The summed E-state index contributed by atoms with van der Waals surface area (Å²) in [4.78, 5) is 2.24. The first kappa shape index (κ1) is 12.2. The number of halogens is 1. The summed E-state index contributed by atoms with van der Waals surface area (Å²) in [6.07, 6.45) is 2.33. The van der Waals surface area contributed by atoms with Gasteiger partial charge in [-0.15, -0.1) is 14.8 Å². The van der Waals surface area contributed by atoms with Gasteiger partial charge in [0.05, 0.1) is 0 Å². The Bertz CT molecular complexity index is 471. The van der Waals surface area contributed by atoms with Crippen LogP contribution in [-0.4, -0.2) is 43.7 Å². The summed E-state index contributed by atoms with van der Waals surface area (Å²) >= 11 is 3.46. The van der Waals surface area contributed by atoms with Crippen molar-refractivity contribution in [3.8, 4) is 0 Å². The second kappa shape index (κ2) is 5.90. The lowest BCUT2D eigenvalue weighted by molar-refractivity contribution is 0.688. The van der Waals surface area contributed by atoms with Crippen LogP contribution >= 0.6 is 15.9 Å². The average Bonchev–Trinajstić information content (AvgIpc) is 2.81. The van der Waals surface area contributed by atoms with E-state index in [0.29, 0.717) is 5.65 Å². The molecule has 0 radical (unpaired) electrons. The van der Waals surface area contributed by atoms with E-state index in [0.717, 1.165) is 30.7 Å². The third-order valence-corrected chi connectivity index (χ3v) is 2.87. The fourth-order valence-corrected chi connectivity index (χ4v) is 2.03. The van der Waals surface area contributed by atoms with E-state index < -0.39 is 0 Å². The quantitative estimate of drug-likeness (QED) is 0.757. The molecule has 0 aliphatic rings. The molecular formula is C10H15BrN6. The van der Waals surface area contributed by atoms with Crippen molar-refractivity contribution < 1.29 is 0 Å². The van der Waals surface area contributed by atoms with Gasteiger partial charge in [0.25, 0.3) is 0 Å². The highest BCUT2D eigenvalue weighted by Crippen LogP contribution is 2.11. The molecule has 0 aliphatic heterocycles. The number of tetrazole rings is 1. The molecule has 0 bridgehead atoms. The summed E-state index contributed by atoms with van der Waals surface area (Å²) in [6, 6.07) is 3.85. The van der Waals surface area contributed by atoms with Gasteiger partial charge in [0, 0.05) is 18.4 Å². The monoisotopic (exact) mass is 298 g/mol. The first-order chi connectivity index (χ1) is 8.35. The summed E-state index contributed by atoms with van der Waals surface area (Å²) in [7, 11) is 0. The maximum absolute atomic E-state index is 4.39. The molecule has 17 heavy (non-hydrogen) atoms. The van der Waals surface area contributed by atoms with Crippen LogP contribution in [0.2, 0.25) is 0 Å². The van der Waals surface area contributed by atoms with Gasteiger partial charge in [0.1, 0.15) is 0 Å². The summed E-state index contributed by atoms with van der Waals surface area (Å²) < 4.78 is 1.46. The van der Waals surface area contributed by atoms with Gasteiger partial charge in [0.15, 0.2) is 11.5 Å². The van der Waals surface area contributed by atoms with Crippen LogP contribution in [0.1, 0.15) is 19.8 Å². The van der Waals surface area contributed by atoms with Crippen LogP contribution < -0.4 is 4.90 Å². The number of rotatable bonds is 6. The molecule has 2 aromatic rings. The van der Waals surface area contributed by atoms with Crippen molar-refractivity contribution in [2.24, 2.45) is 0 Å². The lowest BCUT2D eigenvalue weighted by atomic mass is 10.3. The summed E-state index contributed by atoms with van der Waals surface area (Å²) in [5.74, 6) is 0.915. The molecule has 92 valence electrons. The van der Waals surface area contributed by atoms with Crippen molar-refractivity contribution >= 4 is 27.4 Å². The molecule has 0 atom stereocenters. The van der Waals surface area contributed by atoms with Gasteiger partial charge in [-0.1, -0.05) is 29.3 Å². The molecule has 6 nitrogen and oxygen atoms in total. The molecule has 0 saturated carbocycles. The second-order valence-corrected chi connectivity index (χ2v) is 4.54. The largest absolute Gasteiger partial charge is 0.354 e. The van der Waals surface area contributed by atoms with Gasteiger partial charge in [0.2, 0.25) is 0 Å². The van der Waals surface area contributed by atoms with E-state index >= 15 is 0 Å². The van der Waals surface area contributed by atoms with Crippen LogP contribution in [0.3, 0.4) is 0 Å². The molecule has 0 unspecified atom stereocenters. The van der Waals surface area contributed by atoms with E-state index in [9.17, 15) is 0 Å². The Hall–Kier alpha value is -1.24. The molecule has 0 aromatic carbocycles. The zero-order chi connectivity index (χ0) is 12.1. The molecular weight excluding hydrogens is 284 g/mol. The highest BCUT2D eigenvalue weighted by molar-refractivity contribution is 9.09. The minimum Gasteiger partial charge on any atom is -0.354 e. The smallest absolute Gasteiger partial charge is 0.200 e. The van der Waals surface area contributed by atoms with Crippen molar-refractivity contribution in [3.05, 3.63) is 12.1 Å². The number of fused-ring (bicyclic) bond motifs is 1. The Morgan fingerprint density at radius 1 is 1.35 bits per heavy atom. The minimum atomic E-state index is 0.669. The van der Waals surface area contributed by atoms with Crippen LogP contribution in [0.25, 0.3) is 5.65 Å². The lowest BCUT2D eigenvalue weighted by Gasteiger charge is -2.21. The Labute approximate surface area is 108 Å². The van der Waals surface area contributed by atoms with Gasteiger partial charge >= 0.3 is 0 Å². The number of unbranched alkanes of at least 4 members (excludes halogenated alkanes) is 1. The second-order valence-electron chi connectivity index (χ2n) is 3.75. The third kappa shape index (κ3) is 2.91. The Morgan fingerprint density at radius 2 is 2.24 bits per heavy atom. The molecule has 2 rings (SSSR count). The molecule has 7 heteroatoms. The number of anilines is 1. The molecule has 0 spiro atoms.